The molecule has 15 nitrogen and oxygen atoms in total. The number of benzene rings is 2. The molecule has 2 atom stereocenters. The van der Waals surface area contributed by atoms with Crippen LogP contribution in [0.3, 0.4) is 0 Å². The van der Waals surface area contributed by atoms with E-state index in [2.05, 4.69) is 20.4 Å². The van der Waals surface area contributed by atoms with Gasteiger partial charge in [-0.25, -0.2) is 14.5 Å². The summed E-state index contributed by atoms with van der Waals surface area (Å²) >= 11 is 6.42. The van der Waals surface area contributed by atoms with E-state index in [0.29, 0.717) is 72.2 Å². The number of imide groups is 1. The minimum Gasteiger partial charge on any atom is -0.497 e. The Kier molecular flexibility index (Phi) is 8.92. The van der Waals surface area contributed by atoms with E-state index in [9.17, 15) is 14.4 Å². The number of amides is 2. The summed E-state index contributed by atoms with van der Waals surface area (Å²) in [4.78, 5) is 53.4. The molecule has 0 radical (unpaired) electrons. The minimum absolute atomic E-state index is 0.00874. The molecule has 1 saturated heterocycles. The molecule has 4 heterocycles. The number of nitrogens with zero attached hydrogens (tertiary/aromatic N) is 6. The zero-order valence-electron chi connectivity index (χ0n) is 30.9. The first kappa shape index (κ1) is 36.2. The van der Waals surface area contributed by atoms with Crippen molar-refractivity contribution < 1.29 is 38.1 Å². The van der Waals surface area contributed by atoms with Gasteiger partial charge in [0.2, 0.25) is 16.9 Å². The Balaban J connectivity index is 1.30. The highest BCUT2D eigenvalue weighted by atomic mass is 35.5. The van der Waals surface area contributed by atoms with E-state index < -0.39 is 28.8 Å². The van der Waals surface area contributed by atoms with Crippen molar-refractivity contribution in [2.24, 2.45) is 0 Å². The van der Waals surface area contributed by atoms with Crippen LogP contribution in [0.5, 0.6) is 11.5 Å². The Bertz CT molecular complexity index is 2140. The predicted octanol–water partition coefficient (Wildman–Crippen LogP) is 6.57. The number of fused-ring (bicyclic) bond motifs is 3. The van der Waals surface area contributed by atoms with Crippen LogP contribution >= 0.6 is 11.6 Å². The van der Waals surface area contributed by atoms with E-state index in [0.717, 1.165) is 10.5 Å². The van der Waals surface area contributed by atoms with Gasteiger partial charge in [-0.3, -0.25) is 4.79 Å². The molecule has 280 valence electrons. The number of hydrogen-bond donors (Lipinski definition) is 1. The first-order valence-electron chi connectivity index (χ1n) is 17.3. The number of halogens is 1. The minimum atomic E-state index is -1.05. The van der Waals surface area contributed by atoms with Gasteiger partial charge in [-0.15, -0.1) is 5.10 Å². The van der Waals surface area contributed by atoms with Crippen molar-refractivity contribution in [1.82, 2.24) is 19.7 Å². The summed E-state index contributed by atoms with van der Waals surface area (Å²) in [5.41, 5.74) is -0.370. The second-order valence-electron chi connectivity index (χ2n) is 15.2. The SMILES string of the molecule is COc1ccc2c(c1)[C@]1(C[C@H]1c1ccc3c(Nc4nc(Cl)nc(N5CCOCC5)c4OC)nn(C(=O)OC(C)(C)C)c3c1)C(=O)N2C(=O)OC(C)(C)C. The van der Waals surface area contributed by atoms with E-state index in [4.69, 9.17) is 35.3 Å². The van der Waals surface area contributed by atoms with E-state index >= 15 is 0 Å². The lowest BCUT2D eigenvalue weighted by atomic mass is 9.91. The highest BCUT2D eigenvalue weighted by Crippen LogP contribution is 2.67. The van der Waals surface area contributed by atoms with Gasteiger partial charge in [0.05, 0.1) is 44.1 Å². The molecule has 53 heavy (non-hydrogen) atoms. The van der Waals surface area contributed by atoms with Crippen LogP contribution in [-0.2, 0) is 24.4 Å². The normalized spacial score (nSPS) is 19.7. The first-order valence-corrected chi connectivity index (χ1v) is 17.7. The van der Waals surface area contributed by atoms with Crippen molar-refractivity contribution in [3.8, 4) is 11.5 Å². The van der Waals surface area contributed by atoms with Crippen molar-refractivity contribution in [3.05, 3.63) is 52.8 Å². The maximum atomic E-state index is 14.3. The van der Waals surface area contributed by atoms with Crippen LogP contribution in [-0.4, -0.2) is 89.6 Å². The number of morpholine rings is 1. The van der Waals surface area contributed by atoms with Gasteiger partial charge in [0.25, 0.3) is 0 Å². The summed E-state index contributed by atoms with van der Waals surface area (Å²) < 4.78 is 29.4. The van der Waals surface area contributed by atoms with E-state index in [1.165, 1.54) is 11.8 Å². The molecular weight excluding hydrogens is 706 g/mol. The molecule has 2 aromatic carbocycles. The second kappa shape index (κ2) is 13.1. The molecule has 2 aromatic heterocycles. The fourth-order valence-electron chi connectivity index (χ4n) is 6.98. The maximum Gasteiger partial charge on any atom is 0.435 e. The standard InChI is InChI=1S/C37H42ClN7O8/c1-35(2,3)52-33(47)44-25-12-10-21(49-7)18-23(25)37(31(44)46)19-24(37)20-9-11-22-26(17-20)45(34(48)53-36(4,5)6)42-28(22)39-29-27(50-8)30(41-32(38)40-29)43-13-15-51-16-14-43/h9-12,17-18,24H,13-16,19H2,1-8H3,(H,39,40,41,42)/t24-,37-/m0/s1. The number of rotatable bonds is 6. The lowest BCUT2D eigenvalue weighted by Gasteiger charge is -2.29. The van der Waals surface area contributed by atoms with Crippen molar-refractivity contribution in [1.29, 1.82) is 0 Å². The molecule has 1 saturated carbocycles. The molecular formula is C37H42ClN7O8. The smallest absolute Gasteiger partial charge is 0.435 e. The molecule has 7 rings (SSSR count). The zero-order valence-corrected chi connectivity index (χ0v) is 31.7. The summed E-state index contributed by atoms with van der Waals surface area (Å²) in [5, 5.41) is 8.43. The molecule has 2 fully saturated rings. The van der Waals surface area contributed by atoms with Gasteiger partial charge in [-0.05, 0) is 101 Å². The lowest BCUT2D eigenvalue weighted by molar-refractivity contribution is -0.120. The monoisotopic (exact) mass is 747 g/mol. The number of nitrogens with one attached hydrogen (secondary N) is 1. The van der Waals surface area contributed by atoms with Crippen LogP contribution in [0.25, 0.3) is 10.9 Å². The average Bonchev–Trinajstić information content (AvgIpc) is 3.68. The Morgan fingerprint density at radius 1 is 0.925 bits per heavy atom. The highest BCUT2D eigenvalue weighted by molar-refractivity contribution is 6.28. The van der Waals surface area contributed by atoms with Gasteiger partial charge < -0.3 is 33.9 Å². The lowest BCUT2D eigenvalue weighted by Crippen LogP contribution is -2.41. The maximum absolute atomic E-state index is 14.3. The van der Waals surface area contributed by atoms with Gasteiger partial charge in [-0.1, -0.05) is 6.07 Å². The van der Waals surface area contributed by atoms with Gasteiger partial charge in [0, 0.05) is 24.4 Å². The number of carbonyl (C=O) groups excluding carboxylic acids is 3. The Labute approximate surface area is 311 Å². The number of hydrogen-bond acceptors (Lipinski definition) is 13. The Hall–Kier alpha value is -5.15. The van der Waals surface area contributed by atoms with Crippen molar-refractivity contribution in [2.45, 2.75) is 70.5 Å². The van der Waals surface area contributed by atoms with Crippen LogP contribution in [0.1, 0.15) is 65.0 Å². The van der Waals surface area contributed by atoms with E-state index in [1.807, 2.05) is 23.1 Å². The molecule has 2 aliphatic heterocycles. The van der Waals surface area contributed by atoms with Gasteiger partial charge in [0.1, 0.15) is 17.0 Å². The van der Waals surface area contributed by atoms with Crippen molar-refractivity contribution >= 4 is 63.7 Å². The fraction of sp³-hybridized carbons (Fsp3) is 0.459. The second-order valence-corrected chi connectivity index (χ2v) is 15.5. The topological polar surface area (TPSA) is 159 Å². The summed E-state index contributed by atoms with van der Waals surface area (Å²) in [6.45, 7) is 12.8. The number of aromatic nitrogens is 4. The van der Waals surface area contributed by atoms with Crippen LogP contribution < -0.4 is 24.6 Å². The predicted molar refractivity (Wildman–Crippen MR) is 197 cm³/mol. The summed E-state index contributed by atoms with van der Waals surface area (Å²) in [5.74, 6) is 1.20. The van der Waals surface area contributed by atoms with Gasteiger partial charge in [0.15, 0.2) is 17.5 Å². The molecule has 16 heteroatoms. The van der Waals surface area contributed by atoms with Gasteiger partial charge >= 0.3 is 12.2 Å². The number of carbonyl (C=O) groups is 3. The number of anilines is 4. The van der Waals surface area contributed by atoms with E-state index in [-0.39, 0.29) is 28.7 Å². The third-order valence-electron chi connectivity index (χ3n) is 9.29. The summed E-state index contributed by atoms with van der Waals surface area (Å²) in [6, 6.07) is 10.8. The number of methoxy groups -OCH3 is 2. The molecule has 1 spiro atoms. The molecule has 3 aliphatic rings. The van der Waals surface area contributed by atoms with Crippen LogP contribution in [0.2, 0.25) is 5.28 Å². The Morgan fingerprint density at radius 2 is 1.62 bits per heavy atom. The largest absolute Gasteiger partial charge is 0.497 e. The average molecular weight is 748 g/mol. The Morgan fingerprint density at radius 3 is 2.28 bits per heavy atom. The first-order chi connectivity index (χ1) is 25.0. The molecule has 2 amide bonds. The van der Waals surface area contributed by atoms with E-state index in [1.54, 1.807) is 66.9 Å². The quantitative estimate of drug-likeness (QED) is 0.211. The van der Waals surface area contributed by atoms with Crippen LogP contribution in [0.4, 0.5) is 32.7 Å². The molecule has 0 bridgehead atoms. The third kappa shape index (κ3) is 6.56. The molecule has 1 aliphatic carbocycles. The zero-order chi connectivity index (χ0) is 38.0. The fourth-order valence-corrected chi connectivity index (χ4v) is 7.14. The van der Waals surface area contributed by atoms with Crippen molar-refractivity contribution in [3.63, 3.8) is 0 Å². The van der Waals surface area contributed by atoms with Crippen molar-refractivity contribution in [2.75, 3.05) is 55.6 Å². The summed E-state index contributed by atoms with van der Waals surface area (Å²) in [6.07, 6.45) is -1.03. The molecule has 0 unspecified atom stereocenters. The van der Waals surface area contributed by atoms with Crippen LogP contribution in [0.15, 0.2) is 36.4 Å². The highest BCUT2D eigenvalue weighted by Gasteiger charge is 2.68. The van der Waals surface area contributed by atoms with Crippen LogP contribution in [0, 0.1) is 0 Å². The summed E-state index contributed by atoms with van der Waals surface area (Å²) in [7, 11) is 3.06. The third-order valence-corrected chi connectivity index (χ3v) is 9.46. The van der Waals surface area contributed by atoms with Gasteiger partial charge in [-0.2, -0.15) is 14.6 Å². The number of ether oxygens (including phenoxy) is 5. The molecule has 4 aromatic rings. The molecule has 1 N–H and O–H groups in total.